The van der Waals surface area contributed by atoms with E-state index in [2.05, 4.69) is 25.3 Å². The summed E-state index contributed by atoms with van der Waals surface area (Å²) < 4.78 is 6.38. The Balaban J connectivity index is 1.62. The second-order valence-electron chi connectivity index (χ2n) is 6.30. The van der Waals surface area contributed by atoms with Crippen LogP contribution in [0.25, 0.3) is 32.4 Å². The van der Waals surface area contributed by atoms with Crippen LogP contribution in [0.1, 0.15) is 0 Å². The Kier molecular flexibility index (Phi) is 4.46. The lowest BCUT2D eigenvalue weighted by Crippen LogP contribution is -1.97. The summed E-state index contributed by atoms with van der Waals surface area (Å²) in [5.74, 6) is 1.21. The number of rotatable bonds is 4. The second kappa shape index (κ2) is 7.27. The van der Waals surface area contributed by atoms with Crippen LogP contribution in [0.3, 0.4) is 0 Å². The Morgan fingerprint density at radius 3 is 2.83 bits per heavy atom. The number of hydrogen-bond donors (Lipinski definition) is 1. The molecule has 0 spiro atoms. The van der Waals surface area contributed by atoms with Gasteiger partial charge in [0.15, 0.2) is 0 Å². The van der Waals surface area contributed by atoms with Crippen molar-refractivity contribution in [3.8, 4) is 17.1 Å². The average Bonchev–Trinajstić information content (AvgIpc) is 3.21. The molecule has 0 aliphatic rings. The predicted molar refractivity (Wildman–Crippen MR) is 117 cm³/mol. The van der Waals surface area contributed by atoms with Crippen LogP contribution in [0.4, 0.5) is 11.5 Å². The molecule has 8 heteroatoms. The number of methoxy groups -OCH3 is 1. The molecule has 0 radical (unpaired) electrons. The van der Waals surface area contributed by atoms with E-state index in [1.54, 1.807) is 24.5 Å². The molecule has 0 amide bonds. The number of anilines is 2. The van der Waals surface area contributed by atoms with E-state index in [-0.39, 0.29) is 0 Å². The Morgan fingerprint density at radius 2 is 1.93 bits per heavy atom. The third kappa shape index (κ3) is 3.35. The zero-order valence-electron chi connectivity index (χ0n) is 15.3. The Bertz CT molecular complexity index is 1350. The summed E-state index contributed by atoms with van der Waals surface area (Å²) in [6.45, 7) is 0. The van der Waals surface area contributed by atoms with Crippen LogP contribution in [0.2, 0.25) is 5.02 Å². The monoisotopic (exact) mass is 419 g/mol. The molecule has 0 atom stereocenters. The first-order valence-corrected chi connectivity index (χ1v) is 10.0. The lowest BCUT2D eigenvalue weighted by Gasteiger charge is -2.11. The van der Waals surface area contributed by atoms with Gasteiger partial charge in [0.1, 0.15) is 12.1 Å². The third-order valence-corrected chi connectivity index (χ3v) is 5.65. The molecule has 5 aromatic rings. The minimum absolute atomic E-state index is 0.526. The number of nitrogens with one attached hydrogen (secondary N) is 1. The molecule has 0 aliphatic heterocycles. The molecule has 0 saturated carbocycles. The van der Waals surface area contributed by atoms with Crippen molar-refractivity contribution in [2.24, 2.45) is 0 Å². The maximum Gasteiger partial charge on any atom is 0.213 e. The van der Waals surface area contributed by atoms with Crippen molar-refractivity contribution in [3.63, 3.8) is 0 Å². The zero-order valence-corrected chi connectivity index (χ0v) is 16.8. The van der Waals surface area contributed by atoms with Crippen LogP contribution in [-0.2, 0) is 0 Å². The van der Waals surface area contributed by atoms with Crippen LogP contribution in [-0.4, -0.2) is 27.0 Å². The van der Waals surface area contributed by atoms with Gasteiger partial charge in [-0.05, 0) is 36.4 Å². The fourth-order valence-electron chi connectivity index (χ4n) is 3.12. The summed E-state index contributed by atoms with van der Waals surface area (Å²) in [5, 5.41) is 4.78. The quantitative estimate of drug-likeness (QED) is 0.402. The Labute approximate surface area is 175 Å². The van der Waals surface area contributed by atoms with Crippen molar-refractivity contribution in [2.75, 3.05) is 12.4 Å². The van der Waals surface area contributed by atoms with E-state index in [9.17, 15) is 0 Å². The van der Waals surface area contributed by atoms with Crippen LogP contribution >= 0.6 is 22.9 Å². The van der Waals surface area contributed by atoms with E-state index in [4.69, 9.17) is 16.3 Å². The molecule has 3 heterocycles. The highest BCUT2D eigenvalue weighted by atomic mass is 35.5. The van der Waals surface area contributed by atoms with Crippen LogP contribution in [0, 0.1) is 0 Å². The van der Waals surface area contributed by atoms with Gasteiger partial charge in [0, 0.05) is 22.7 Å². The summed E-state index contributed by atoms with van der Waals surface area (Å²) in [5.41, 5.74) is 5.93. The summed E-state index contributed by atoms with van der Waals surface area (Å²) in [7, 11) is 1.59. The SMILES string of the molecule is COc1cccc(-c2cc3c(Nc4ccc5scnc5c4)ncnc3cc2Cl)n1. The van der Waals surface area contributed by atoms with Crippen molar-refractivity contribution in [2.45, 2.75) is 0 Å². The molecule has 0 fully saturated rings. The van der Waals surface area contributed by atoms with Crippen LogP contribution in [0.5, 0.6) is 5.88 Å². The summed E-state index contributed by atoms with van der Waals surface area (Å²) in [6, 6.07) is 15.4. The summed E-state index contributed by atoms with van der Waals surface area (Å²) in [6.07, 6.45) is 1.52. The molecule has 2 aromatic carbocycles. The highest BCUT2D eigenvalue weighted by Crippen LogP contribution is 2.34. The predicted octanol–water partition coefficient (Wildman–Crippen LogP) is 5.71. The molecule has 0 aliphatic carbocycles. The zero-order chi connectivity index (χ0) is 19.8. The fraction of sp³-hybridized carbons (Fsp3) is 0.0476. The molecule has 0 unspecified atom stereocenters. The van der Waals surface area contributed by atoms with Gasteiger partial charge in [0.25, 0.3) is 0 Å². The number of pyridine rings is 1. The van der Waals surface area contributed by atoms with Gasteiger partial charge in [-0.1, -0.05) is 17.7 Å². The maximum absolute atomic E-state index is 6.53. The average molecular weight is 420 g/mol. The number of nitrogens with zero attached hydrogens (tertiary/aromatic N) is 4. The van der Waals surface area contributed by atoms with Crippen LogP contribution in [0.15, 0.2) is 60.4 Å². The largest absolute Gasteiger partial charge is 0.481 e. The number of aromatic nitrogens is 4. The number of ether oxygens (including phenoxy) is 1. The van der Waals surface area contributed by atoms with E-state index in [0.29, 0.717) is 16.7 Å². The van der Waals surface area contributed by atoms with Gasteiger partial charge in [0.2, 0.25) is 5.88 Å². The van der Waals surface area contributed by atoms with Gasteiger partial charge in [0.05, 0.1) is 39.1 Å². The molecule has 6 nitrogen and oxygen atoms in total. The van der Waals surface area contributed by atoms with Crippen molar-refractivity contribution in [1.82, 2.24) is 19.9 Å². The van der Waals surface area contributed by atoms with E-state index < -0.39 is 0 Å². The highest BCUT2D eigenvalue weighted by Gasteiger charge is 2.12. The molecule has 1 N–H and O–H groups in total. The van der Waals surface area contributed by atoms with Gasteiger partial charge >= 0.3 is 0 Å². The molecule has 142 valence electrons. The Morgan fingerprint density at radius 1 is 1.00 bits per heavy atom. The van der Waals surface area contributed by atoms with E-state index in [1.807, 2.05) is 48.0 Å². The van der Waals surface area contributed by atoms with Crippen molar-refractivity contribution < 1.29 is 4.74 Å². The Hall–Kier alpha value is -3.29. The lowest BCUT2D eigenvalue weighted by atomic mass is 10.1. The van der Waals surface area contributed by atoms with Crippen molar-refractivity contribution in [3.05, 3.63) is 65.4 Å². The van der Waals surface area contributed by atoms with Gasteiger partial charge in [-0.25, -0.2) is 19.9 Å². The smallest absolute Gasteiger partial charge is 0.213 e. The first-order chi connectivity index (χ1) is 14.2. The van der Waals surface area contributed by atoms with Crippen LogP contribution < -0.4 is 10.1 Å². The standard InChI is InChI=1S/C21H14ClN5OS/c1-28-20-4-2-3-16(27-20)13-8-14-17(9-15(13)22)23-10-24-21(14)26-12-5-6-19-18(7-12)25-11-29-19/h2-11H,1H3,(H,23,24,26). The van der Waals surface area contributed by atoms with Gasteiger partial charge in [-0.2, -0.15) is 0 Å². The number of hydrogen-bond acceptors (Lipinski definition) is 7. The van der Waals surface area contributed by atoms with Gasteiger partial charge in [-0.3, -0.25) is 0 Å². The normalized spacial score (nSPS) is 11.1. The molecule has 29 heavy (non-hydrogen) atoms. The number of benzene rings is 2. The third-order valence-electron chi connectivity index (χ3n) is 4.53. The molecule has 0 bridgehead atoms. The lowest BCUT2D eigenvalue weighted by molar-refractivity contribution is 0.398. The topological polar surface area (TPSA) is 72.8 Å². The van der Waals surface area contributed by atoms with Gasteiger partial charge < -0.3 is 10.1 Å². The number of fused-ring (bicyclic) bond motifs is 2. The second-order valence-corrected chi connectivity index (χ2v) is 7.59. The molecule has 3 aromatic heterocycles. The molecule has 0 saturated heterocycles. The number of halogens is 1. The van der Waals surface area contributed by atoms with E-state index in [1.165, 1.54) is 6.33 Å². The molecular formula is C21H14ClN5OS. The minimum atomic E-state index is 0.526. The van der Waals surface area contributed by atoms with Crippen molar-refractivity contribution >= 4 is 55.6 Å². The molecular weight excluding hydrogens is 406 g/mol. The van der Waals surface area contributed by atoms with E-state index in [0.717, 1.165) is 38.1 Å². The summed E-state index contributed by atoms with van der Waals surface area (Å²) in [4.78, 5) is 17.7. The highest BCUT2D eigenvalue weighted by molar-refractivity contribution is 7.16. The van der Waals surface area contributed by atoms with E-state index >= 15 is 0 Å². The van der Waals surface area contributed by atoms with Gasteiger partial charge in [-0.15, -0.1) is 11.3 Å². The first-order valence-electron chi connectivity index (χ1n) is 8.77. The molecule has 5 rings (SSSR count). The minimum Gasteiger partial charge on any atom is -0.481 e. The summed E-state index contributed by atoms with van der Waals surface area (Å²) >= 11 is 8.14. The maximum atomic E-state index is 6.53. The first kappa shape index (κ1) is 17.8. The fourth-order valence-corrected chi connectivity index (χ4v) is 4.04. The van der Waals surface area contributed by atoms with Crippen molar-refractivity contribution in [1.29, 1.82) is 0 Å². The number of thiazole rings is 1.